The van der Waals surface area contributed by atoms with Crippen LogP contribution in [0.25, 0.3) is 0 Å². The summed E-state index contributed by atoms with van der Waals surface area (Å²) in [5.41, 5.74) is 14.7. The second-order valence-electron chi connectivity index (χ2n) is 14.9. The quantitative estimate of drug-likeness (QED) is 0.259. The van der Waals surface area contributed by atoms with Crippen molar-refractivity contribution in [2.24, 2.45) is 22.8 Å². The van der Waals surface area contributed by atoms with E-state index in [1.165, 1.54) is 17.7 Å². The van der Waals surface area contributed by atoms with E-state index < -0.39 is 17.2 Å². The van der Waals surface area contributed by atoms with Gasteiger partial charge >= 0.3 is 0 Å². The zero-order valence-corrected chi connectivity index (χ0v) is 28.6. The second-order valence-corrected chi connectivity index (χ2v) is 14.9. The Bertz CT molecular complexity index is 1320. The molecular formula is C38H56F2N6O2. The Hall–Kier alpha value is -2.50. The zero-order valence-electron chi connectivity index (χ0n) is 28.6. The molecule has 2 aliphatic heterocycles. The predicted octanol–water partition coefficient (Wildman–Crippen LogP) is 4.99. The van der Waals surface area contributed by atoms with Crippen LogP contribution in [0.1, 0.15) is 86.6 Å². The lowest BCUT2D eigenvalue weighted by Gasteiger charge is -2.48. The minimum absolute atomic E-state index is 0.128. The van der Waals surface area contributed by atoms with Crippen molar-refractivity contribution in [3.8, 4) is 0 Å². The number of carbonyl (C=O) groups is 1. The highest BCUT2D eigenvalue weighted by atomic mass is 19.3. The number of rotatable bonds is 15. The van der Waals surface area contributed by atoms with E-state index >= 15 is 0 Å². The Balaban J connectivity index is 1.21. The molecule has 264 valence electrons. The largest absolute Gasteiger partial charge is 0.381 e. The molecule has 8 nitrogen and oxygen atoms in total. The summed E-state index contributed by atoms with van der Waals surface area (Å²) in [4.78, 5) is 26.0. The van der Waals surface area contributed by atoms with E-state index in [9.17, 15) is 13.6 Å². The van der Waals surface area contributed by atoms with Gasteiger partial charge in [0.25, 0.3) is 0 Å². The van der Waals surface area contributed by atoms with Gasteiger partial charge in [0.15, 0.2) is 0 Å². The van der Waals surface area contributed by atoms with Gasteiger partial charge < -0.3 is 21.1 Å². The number of carbonyl (C=O) groups excluding carboxylic acids is 1. The number of alkyl halides is 2. The zero-order chi connectivity index (χ0) is 33.6. The molecule has 0 radical (unpaired) electrons. The van der Waals surface area contributed by atoms with E-state index in [0.717, 1.165) is 90.3 Å². The fraction of sp³-hybridized carbons (Fsp3) is 0.684. The van der Waals surface area contributed by atoms with Crippen molar-refractivity contribution in [2.75, 3.05) is 65.6 Å². The number of amides is 1. The number of unbranched alkanes of at least 4 members (excludes halogenated alkanes) is 1. The van der Waals surface area contributed by atoms with Gasteiger partial charge in [-0.05, 0) is 94.1 Å². The number of aryl methyl sites for hydroxylation is 1. The molecule has 10 heteroatoms. The number of nitrogens with two attached hydrogens (primary N) is 2. The lowest BCUT2D eigenvalue weighted by molar-refractivity contribution is -0.138. The van der Waals surface area contributed by atoms with E-state index in [0.29, 0.717) is 31.0 Å². The predicted molar refractivity (Wildman–Crippen MR) is 185 cm³/mol. The second kappa shape index (κ2) is 16.0. The normalized spacial score (nSPS) is 25.3. The first-order valence-corrected chi connectivity index (χ1v) is 18.4. The Morgan fingerprint density at radius 1 is 1.06 bits per heavy atom. The highest BCUT2D eigenvalue weighted by molar-refractivity contribution is 5.82. The van der Waals surface area contributed by atoms with Gasteiger partial charge in [0.1, 0.15) is 0 Å². The van der Waals surface area contributed by atoms with Crippen LogP contribution in [-0.4, -0.2) is 103 Å². The number of ether oxygens (including phenoxy) is 1. The Kier molecular flexibility index (Phi) is 11.8. The molecule has 1 amide bonds. The molecule has 4 aliphatic rings. The van der Waals surface area contributed by atoms with Gasteiger partial charge in [-0.3, -0.25) is 19.6 Å². The lowest BCUT2D eigenvalue weighted by Crippen LogP contribution is -2.59. The van der Waals surface area contributed by atoms with E-state index in [4.69, 9.17) is 21.2 Å². The average Bonchev–Trinajstić information content (AvgIpc) is 3.07. The number of halogens is 2. The molecule has 4 N–H and O–H groups in total. The number of pyridine rings is 1. The molecule has 0 bridgehead atoms. The Morgan fingerprint density at radius 2 is 1.85 bits per heavy atom. The Morgan fingerprint density at radius 3 is 2.56 bits per heavy atom. The van der Waals surface area contributed by atoms with E-state index in [1.807, 2.05) is 36.5 Å². The maximum Gasteiger partial charge on any atom is 0.248 e. The molecule has 2 aliphatic carbocycles. The monoisotopic (exact) mass is 666 g/mol. The van der Waals surface area contributed by atoms with Crippen molar-refractivity contribution in [3.05, 3.63) is 65.5 Å². The number of hydrogen-bond acceptors (Lipinski definition) is 7. The molecule has 3 heterocycles. The number of benzene rings is 1. The third-order valence-corrected chi connectivity index (χ3v) is 11.8. The van der Waals surface area contributed by atoms with Crippen LogP contribution in [0.5, 0.6) is 0 Å². The molecule has 2 aromatic rings. The topological polar surface area (TPSA) is 101 Å². The van der Waals surface area contributed by atoms with Crippen molar-refractivity contribution >= 4 is 5.91 Å². The van der Waals surface area contributed by atoms with Crippen molar-refractivity contribution in [1.82, 2.24) is 19.7 Å². The van der Waals surface area contributed by atoms with Crippen molar-refractivity contribution < 1.29 is 18.3 Å². The minimum Gasteiger partial charge on any atom is -0.381 e. The molecule has 48 heavy (non-hydrogen) atoms. The first-order chi connectivity index (χ1) is 23.3. The van der Waals surface area contributed by atoms with E-state index in [2.05, 4.69) is 26.8 Å². The summed E-state index contributed by atoms with van der Waals surface area (Å²) in [6.07, 6.45) is 7.78. The molecule has 0 spiro atoms. The van der Waals surface area contributed by atoms with Gasteiger partial charge in [0.05, 0.1) is 30.4 Å². The van der Waals surface area contributed by atoms with Gasteiger partial charge in [0.2, 0.25) is 11.8 Å². The van der Waals surface area contributed by atoms with Crippen LogP contribution >= 0.6 is 0 Å². The maximum atomic E-state index is 14.4. The third-order valence-electron chi connectivity index (χ3n) is 11.8. The lowest BCUT2D eigenvalue weighted by atomic mass is 9.61. The van der Waals surface area contributed by atoms with Crippen LogP contribution in [0.2, 0.25) is 0 Å². The molecule has 3 fully saturated rings. The summed E-state index contributed by atoms with van der Waals surface area (Å²) < 4.78 is 34.3. The van der Waals surface area contributed by atoms with Gasteiger partial charge in [-0.1, -0.05) is 36.4 Å². The first-order valence-electron chi connectivity index (χ1n) is 18.4. The molecule has 6 rings (SSSR count). The van der Waals surface area contributed by atoms with Crippen molar-refractivity contribution in [2.45, 2.75) is 88.1 Å². The average molecular weight is 667 g/mol. The minimum atomic E-state index is -2.74. The molecular weight excluding hydrogens is 610 g/mol. The smallest absolute Gasteiger partial charge is 0.248 e. The Labute approximate surface area is 285 Å². The fourth-order valence-electron chi connectivity index (χ4n) is 8.93. The third kappa shape index (κ3) is 8.27. The molecule has 0 unspecified atom stereocenters. The van der Waals surface area contributed by atoms with Crippen molar-refractivity contribution in [3.63, 3.8) is 0 Å². The van der Waals surface area contributed by atoms with Crippen molar-refractivity contribution in [1.29, 1.82) is 0 Å². The molecule has 1 aromatic heterocycles. The maximum absolute atomic E-state index is 14.4. The first kappa shape index (κ1) is 35.3. The summed E-state index contributed by atoms with van der Waals surface area (Å²) in [7, 11) is 0. The SMILES string of the molecule is NCCCCN(C[C@H]1CN(CC[C@@H](c2ccccc2)C2(C(N)=O)CCC(F)(F)CC2)CCN1CC1COC1)[C@H]1CCCc2cccnc21. The van der Waals surface area contributed by atoms with Crippen LogP contribution in [0.4, 0.5) is 8.78 Å². The number of primary amides is 1. The van der Waals surface area contributed by atoms with Gasteiger partial charge in [-0.2, -0.15) is 0 Å². The van der Waals surface area contributed by atoms with Gasteiger partial charge in [-0.25, -0.2) is 8.78 Å². The summed E-state index contributed by atoms with van der Waals surface area (Å²) in [5.74, 6) is -2.80. The number of hydrogen-bond donors (Lipinski definition) is 2. The number of nitrogens with zero attached hydrogens (tertiary/aromatic N) is 4. The summed E-state index contributed by atoms with van der Waals surface area (Å²) in [6.45, 7) is 8.99. The highest BCUT2D eigenvalue weighted by Gasteiger charge is 2.51. The summed E-state index contributed by atoms with van der Waals surface area (Å²) >= 11 is 0. The standard InChI is InChI=1S/C38H56F2N6O2/c39-38(40)16-14-37(15-17-38,36(42)47)33(30-8-2-1-3-9-30)13-21-44-22-23-45(24-29-27-48-28-29)32(25-44)26-46(20-5-4-18-41)34-12-6-10-31-11-7-19-43-35(31)34/h1-3,7-9,11,19,29,32-34H,4-6,10,12-18,20-28,41H2,(H2,42,47)/t32-,33+,34+/m1/s1. The molecule has 1 aromatic carbocycles. The van der Waals surface area contributed by atoms with Crippen LogP contribution in [0.15, 0.2) is 48.7 Å². The van der Waals surface area contributed by atoms with Crippen LogP contribution in [-0.2, 0) is 16.0 Å². The van der Waals surface area contributed by atoms with Gasteiger partial charge in [-0.15, -0.1) is 0 Å². The summed E-state index contributed by atoms with van der Waals surface area (Å²) in [6, 6.07) is 14.9. The number of piperazine rings is 1. The van der Waals surface area contributed by atoms with Crippen LogP contribution in [0.3, 0.4) is 0 Å². The highest BCUT2D eigenvalue weighted by Crippen LogP contribution is 2.52. The van der Waals surface area contributed by atoms with Crippen LogP contribution in [0, 0.1) is 11.3 Å². The molecule has 3 atom stereocenters. The number of fused-ring (bicyclic) bond motifs is 1. The summed E-state index contributed by atoms with van der Waals surface area (Å²) in [5, 5.41) is 0. The molecule has 1 saturated carbocycles. The molecule has 2 saturated heterocycles. The van der Waals surface area contributed by atoms with E-state index in [1.54, 1.807) is 0 Å². The van der Waals surface area contributed by atoms with E-state index in [-0.39, 0.29) is 31.6 Å². The van der Waals surface area contributed by atoms with Gasteiger partial charge in [0, 0.05) is 63.7 Å². The number of aromatic nitrogens is 1. The fourth-order valence-corrected chi connectivity index (χ4v) is 8.93. The van der Waals surface area contributed by atoms with Crippen LogP contribution < -0.4 is 11.5 Å².